The molecular formula is C34H62NO9P. The second kappa shape index (κ2) is 30.8. The number of hydrogen-bond donors (Lipinski definition) is 3. The molecule has 4 N–H and O–H groups in total. The number of carboxylic acid groups (broad SMARTS) is 1. The fraction of sp³-hybridized carbons (Fsp3) is 0.765. The summed E-state index contributed by atoms with van der Waals surface area (Å²) in [6.07, 6.45) is 30.6. The van der Waals surface area contributed by atoms with E-state index in [2.05, 4.69) is 54.8 Å². The van der Waals surface area contributed by atoms with Crippen molar-refractivity contribution in [3.05, 3.63) is 36.5 Å². The highest BCUT2D eigenvalue weighted by molar-refractivity contribution is 7.47. The van der Waals surface area contributed by atoms with Crippen LogP contribution in [0, 0.1) is 0 Å². The molecule has 0 fully saturated rings. The average molecular weight is 660 g/mol. The molecule has 262 valence electrons. The highest BCUT2D eigenvalue weighted by atomic mass is 31.2. The third kappa shape index (κ3) is 30.6. The Labute approximate surface area is 272 Å². The van der Waals surface area contributed by atoms with Crippen LogP contribution < -0.4 is 5.73 Å². The number of hydrogen-bond acceptors (Lipinski definition) is 8. The van der Waals surface area contributed by atoms with Crippen LogP contribution in [0.2, 0.25) is 0 Å². The molecule has 0 aromatic heterocycles. The molecule has 0 radical (unpaired) electrons. The molecule has 0 bridgehead atoms. The zero-order chi connectivity index (χ0) is 33.4. The quantitative estimate of drug-likeness (QED) is 0.0279. The number of carboxylic acids is 1. The van der Waals surface area contributed by atoms with Gasteiger partial charge in [0.25, 0.3) is 0 Å². The normalized spacial score (nSPS) is 14.8. The molecule has 0 spiro atoms. The second-order valence-electron chi connectivity index (χ2n) is 11.3. The van der Waals surface area contributed by atoms with E-state index in [1.807, 2.05) is 0 Å². The highest BCUT2D eigenvalue weighted by Crippen LogP contribution is 2.43. The molecule has 3 unspecified atom stereocenters. The molecule has 10 nitrogen and oxygen atoms in total. The van der Waals surface area contributed by atoms with Crippen LogP contribution in [0.15, 0.2) is 36.5 Å². The third-order valence-corrected chi connectivity index (χ3v) is 7.88. The summed E-state index contributed by atoms with van der Waals surface area (Å²) in [7, 11) is -4.61. The minimum absolute atomic E-state index is 0.00589. The van der Waals surface area contributed by atoms with Gasteiger partial charge in [-0.3, -0.25) is 18.6 Å². The van der Waals surface area contributed by atoms with Gasteiger partial charge in [-0.2, -0.15) is 0 Å². The van der Waals surface area contributed by atoms with E-state index in [0.29, 0.717) is 13.0 Å². The number of unbranched alkanes of at least 4 members (excludes halogenated alkanes) is 12. The summed E-state index contributed by atoms with van der Waals surface area (Å²) in [5.74, 6) is -1.81. The van der Waals surface area contributed by atoms with Crippen LogP contribution in [-0.4, -0.2) is 60.5 Å². The Morgan fingerprint density at radius 2 is 1.29 bits per heavy atom. The van der Waals surface area contributed by atoms with Crippen LogP contribution in [0.1, 0.15) is 129 Å². The SMILES string of the molecule is CC/C=C\C/C=C\C/C=C\CCCCCC(=O)OC(COCCCCCCCCCCCC)COP(=O)(O)OCC(N)C(=O)O. The number of esters is 1. The molecule has 0 rings (SSSR count). The molecule has 45 heavy (non-hydrogen) atoms. The van der Waals surface area contributed by atoms with Gasteiger partial charge in [0.1, 0.15) is 12.1 Å². The zero-order valence-electron chi connectivity index (χ0n) is 28.0. The first kappa shape index (κ1) is 43.2. The summed E-state index contributed by atoms with van der Waals surface area (Å²) in [5, 5.41) is 8.83. The maximum absolute atomic E-state index is 12.5. The van der Waals surface area contributed by atoms with Crippen molar-refractivity contribution < 1.29 is 42.7 Å². The van der Waals surface area contributed by atoms with Gasteiger partial charge >= 0.3 is 19.8 Å². The number of aliphatic carboxylic acids is 1. The molecule has 3 atom stereocenters. The summed E-state index contributed by atoms with van der Waals surface area (Å²) in [6.45, 7) is 3.68. The predicted molar refractivity (Wildman–Crippen MR) is 180 cm³/mol. The first-order valence-electron chi connectivity index (χ1n) is 17.0. The van der Waals surface area contributed by atoms with Gasteiger partial charge in [0.15, 0.2) is 0 Å². The Bertz CT molecular complexity index is 863. The fourth-order valence-corrected chi connectivity index (χ4v) is 5.04. The second-order valence-corrected chi connectivity index (χ2v) is 12.7. The van der Waals surface area contributed by atoms with Gasteiger partial charge in [0.2, 0.25) is 0 Å². The van der Waals surface area contributed by atoms with Crippen LogP contribution in [0.25, 0.3) is 0 Å². The van der Waals surface area contributed by atoms with Crippen molar-refractivity contribution >= 4 is 19.8 Å². The molecule has 0 aromatic carbocycles. The van der Waals surface area contributed by atoms with Crippen molar-refractivity contribution in [1.29, 1.82) is 0 Å². The molecule has 0 aliphatic rings. The lowest BCUT2D eigenvalue weighted by Gasteiger charge is -2.20. The van der Waals surface area contributed by atoms with E-state index >= 15 is 0 Å². The van der Waals surface area contributed by atoms with Gasteiger partial charge in [-0.25, -0.2) is 4.57 Å². The Morgan fingerprint density at radius 1 is 0.733 bits per heavy atom. The molecular weight excluding hydrogens is 597 g/mol. The molecule has 0 aliphatic heterocycles. The van der Waals surface area contributed by atoms with E-state index in [-0.39, 0.29) is 13.0 Å². The molecule has 0 heterocycles. The minimum Gasteiger partial charge on any atom is -0.480 e. The maximum atomic E-state index is 12.5. The van der Waals surface area contributed by atoms with Crippen LogP contribution >= 0.6 is 7.82 Å². The smallest absolute Gasteiger partial charge is 0.472 e. The summed E-state index contributed by atoms with van der Waals surface area (Å²) >= 11 is 0. The van der Waals surface area contributed by atoms with Gasteiger partial charge in [-0.1, -0.05) is 115 Å². The maximum Gasteiger partial charge on any atom is 0.472 e. The fourth-order valence-electron chi connectivity index (χ4n) is 4.26. The van der Waals surface area contributed by atoms with Crippen LogP contribution in [-0.2, 0) is 32.7 Å². The molecule has 11 heteroatoms. The molecule has 0 saturated heterocycles. The van der Waals surface area contributed by atoms with E-state index < -0.39 is 45.1 Å². The number of allylic oxidation sites excluding steroid dienone is 6. The third-order valence-electron chi connectivity index (χ3n) is 6.93. The van der Waals surface area contributed by atoms with Crippen LogP contribution in [0.4, 0.5) is 0 Å². The van der Waals surface area contributed by atoms with Crippen molar-refractivity contribution in [2.45, 2.75) is 142 Å². The number of carbonyl (C=O) groups is 2. The van der Waals surface area contributed by atoms with E-state index in [1.165, 1.54) is 44.9 Å². The van der Waals surface area contributed by atoms with E-state index in [1.54, 1.807) is 0 Å². The molecule has 0 aromatic rings. The number of phosphoric ester groups is 1. The molecule has 0 aliphatic carbocycles. The van der Waals surface area contributed by atoms with Gasteiger partial charge < -0.3 is 25.2 Å². The molecule has 0 amide bonds. The number of nitrogens with two attached hydrogens (primary N) is 1. The van der Waals surface area contributed by atoms with Gasteiger partial charge in [0, 0.05) is 13.0 Å². The summed E-state index contributed by atoms with van der Waals surface area (Å²) in [5.41, 5.74) is 5.32. The van der Waals surface area contributed by atoms with Crippen molar-refractivity contribution in [3.63, 3.8) is 0 Å². The Hall–Kier alpha value is -1.81. The van der Waals surface area contributed by atoms with Gasteiger partial charge in [-0.05, 0) is 44.9 Å². The standard InChI is InChI=1S/C34H62NO9P/c1-3-5-7-9-11-13-15-16-17-18-20-22-24-26-33(36)44-31(29-42-45(39,40)43-30-32(35)34(37)38)28-41-27-25-23-21-19-14-12-10-8-6-4-2/h5,7,11,13,16-17,31-32H,3-4,6,8-10,12,14-15,18-30,35H2,1-2H3,(H,37,38)(H,39,40)/b7-5-,13-11-,17-16-. The summed E-state index contributed by atoms with van der Waals surface area (Å²) in [4.78, 5) is 33.2. The lowest BCUT2D eigenvalue weighted by Crippen LogP contribution is -2.34. The highest BCUT2D eigenvalue weighted by Gasteiger charge is 2.27. The van der Waals surface area contributed by atoms with Crippen molar-refractivity contribution in [3.8, 4) is 0 Å². The zero-order valence-corrected chi connectivity index (χ0v) is 28.8. The van der Waals surface area contributed by atoms with E-state index in [0.717, 1.165) is 57.8 Å². The Balaban J connectivity index is 4.42. The summed E-state index contributed by atoms with van der Waals surface area (Å²) < 4.78 is 33.0. The monoisotopic (exact) mass is 659 g/mol. The first-order chi connectivity index (χ1) is 21.7. The largest absolute Gasteiger partial charge is 0.480 e. The number of ether oxygens (including phenoxy) is 2. The molecule has 0 saturated carbocycles. The van der Waals surface area contributed by atoms with Crippen molar-refractivity contribution in [2.24, 2.45) is 5.73 Å². The topological polar surface area (TPSA) is 155 Å². The van der Waals surface area contributed by atoms with Crippen LogP contribution in [0.5, 0.6) is 0 Å². The number of rotatable bonds is 32. The Kier molecular flexibility index (Phi) is 29.6. The lowest BCUT2D eigenvalue weighted by molar-refractivity contribution is -0.154. The van der Waals surface area contributed by atoms with Crippen LogP contribution in [0.3, 0.4) is 0 Å². The van der Waals surface area contributed by atoms with Gasteiger partial charge in [0.05, 0.1) is 19.8 Å². The van der Waals surface area contributed by atoms with Crippen molar-refractivity contribution in [1.82, 2.24) is 0 Å². The lowest BCUT2D eigenvalue weighted by atomic mass is 10.1. The summed E-state index contributed by atoms with van der Waals surface area (Å²) in [6, 6.07) is -1.47. The van der Waals surface area contributed by atoms with E-state index in [9.17, 15) is 19.0 Å². The number of carbonyl (C=O) groups excluding carboxylic acids is 1. The number of phosphoric acid groups is 1. The average Bonchev–Trinajstić information content (AvgIpc) is 3.01. The Morgan fingerprint density at radius 3 is 1.91 bits per heavy atom. The van der Waals surface area contributed by atoms with Gasteiger partial charge in [-0.15, -0.1) is 0 Å². The minimum atomic E-state index is -4.61. The predicted octanol–water partition coefficient (Wildman–Crippen LogP) is 8.19. The van der Waals surface area contributed by atoms with E-state index in [4.69, 9.17) is 24.8 Å². The first-order valence-corrected chi connectivity index (χ1v) is 18.5. The van der Waals surface area contributed by atoms with Crippen molar-refractivity contribution in [2.75, 3.05) is 26.4 Å².